The first-order valence-electron chi connectivity index (χ1n) is 5.12. The molecule has 0 saturated heterocycles. The van der Waals surface area contributed by atoms with Crippen LogP contribution in [0.1, 0.15) is 15.2 Å². The highest BCUT2D eigenvalue weighted by atomic mass is 32.1. The average Bonchev–Trinajstić information content (AvgIpc) is 2.84. The van der Waals surface area contributed by atoms with Crippen molar-refractivity contribution in [1.82, 2.24) is 0 Å². The minimum absolute atomic E-state index is 0.435. The highest BCUT2D eigenvalue weighted by Gasteiger charge is 2.04. The van der Waals surface area contributed by atoms with Crippen molar-refractivity contribution < 1.29 is 14.3 Å². The Morgan fingerprint density at radius 1 is 1.29 bits per heavy atom. The summed E-state index contributed by atoms with van der Waals surface area (Å²) in [6.45, 7) is 0.435. The van der Waals surface area contributed by atoms with Crippen molar-refractivity contribution in [2.45, 2.75) is 6.61 Å². The predicted molar refractivity (Wildman–Crippen MR) is 67.0 cm³/mol. The molecule has 4 heteroatoms. The number of para-hydroxylation sites is 2. The Morgan fingerprint density at radius 2 is 2.06 bits per heavy atom. The van der Waals surface area contributed by atoms with E-state index >= 15 is 0 Å². The van der Waals surface area contributed by atoms with E-state index in [1.54, 1.807) is 7.11 Å². The summed E-state index contributed by atoms with van der Waals surface area (Å²) in [5.74, 6) is 1.41. The van der Waals surface area contributed by atoms with E-state index in [1.807, 2.05) is 35.7 Å². The van der Waals surface area contributed by atoms with Gasteiger partial charge in [-0.1, -0.05) is 12.1 Å². The number of hydrogen-bond donors (Lipinski definition) is 0. The molecular weight excluding hydrogens is 236 g/mol. The van der Waals surface area contributed by atoms with Gasteiger partial charge in [-0.05, 0) is 23.6 Å². The highest BCUT2D eigenvalue weighted by Crippen LogP contribution is 2.27. The Labute approximate surface area is 104 Å². The van der Waals surface area contributed by atoms with Crippen LogP contribution in [-0.4, -0.2) is 13.4 Å². The first-order chi connectivity index (χ1) is 8.33. The molecule has 0 spiro atoms. The van der Waals surface area contributed by atoms with E-state index < -0.39 is 0 Å². The molecule has 17 heavy (non-hydrogen) atoms. The van der Waals surface area contributed by atoms with Gasteiger partial charge in [0.05, 0.1) is 12.0 Å². The molecule has 0 radical (unpaired) electrons. The van der Waals surface area contributed by atoms with Crippen LogP contribution in [-0.2, 0) is 6.61 Å². The molecule has 0 aliphatic carbocycles. The van der Waals surface area contributed by atoms with Gasteiger partial charge in [-0.3, -0.25) is 4.79 Å². The lowest BCUT2D eigenvalue weighted by Gasteiger charge is -2.09. The molecule has 0 aliphatic heterocycles. The van der Waals surface area contributed by atoms with Gasteiger partial charge in [0, 0.05) is 5.56 Å². The van der Waals surface area contributed by atoms with E-state index in [1.165, 1.54) is 11.3 Å². The van der Waals surface area contributed by atoms with E-state index in [-0.39, 0.29) is 0 Å². The van der Waals surface area contributed by atoms with Gasteiger partial charge in [-0.15, -0.1) is 11.3 Å². The molecule has 0 N–H and O–H groups in total. The third kappa shape index (κ3) is 2.85. The third-order valence-corrected chi connectivity index (χ3v) is 3.16. The van der Waals surface area contributed by atoms with Crippen molar-refractivity contribution in [3.8, 4) is 11.5 Å². The fourth-order valence-corrected chi connectivity index (χ4v) is 2.13. The van der Waals surface area contributed by atoms with Gasteiger partial charge in [0.25, 0.3) is 0 Å². The second-order valence-corrected chi connectivity index (χ2v) is 4.36. The van der Waals surface area contributed by atoms with Crippen LogP contribution in [0.3, 0.4) is 0 Å². The Hall–Kier alpha value is -1.81. The lowest BCUT2D eigenvalue weighted by atomic mass is 10.3. The molecule has 0 unspecified atom stereocenters. The molecule has 88 valence electrons. The molecule has 0 amide bonds. The largest absolute Gasteiger partial charge is 0.493 e. The second kappa shape index (κ2) is 5.50. The Kier molecular flexibility index (Phi) is 3.77. The standard InChI is InChI=1S/C13H12O3S/c1-15-12-4-2-3-5-13(12)16-8-10-6-11(7-14)17-9-10/h2-7,9H,8H2,1H3. The maximum absolute atomic E-state index is 10.5. The van der Waals surface area contributed by atoms with E-state index in [9.17, 15) is 4.79 Å². The maximum atomic E-state index is 10.5. The fourth-order valence-electron chi connectivity index (χ4n) is 1.43. The zero-order chi connectivity index (χ0) is 12.1. The Balaban J connectivity index is 2.04. The quantitative estimate of drug-likeness (QED) is 0.762. The SMILES string of the molecule is COc1ccccc1OCc1csc(C=O)c1. The van der Waals surface area contributed by atoms with Crippen molar-refractivity contribution in [2.75, 3.05) is 7.11 Å². The molecule has 2 aromatic rings. The topological polar surface area (TPSA) is 35.5 Å². The normalized spacial score (nSPS) is 9.94. The van der Waals surface area contributed by atoms with Gasteiger partial charge in [0.2, 0.25) is 0 Å². The van der Waals surface area contributed by atoms with Gasteiger partial charge >= 0.3 is 0 Å². The van der Waals surface area contributed by atoms with E-state index in [0.717, 1.165) is 11.8 Å². The minimum atomic E-state index is 0.435. The summed E-state index contributed by atoms with van der Waals surface area (Å²) in [4.78, 5) is 11.3. The smallest absolute Gasteiger partial charge is 0.161 e. The number of benzene rings is 1. The summed E-state index contributed by atoms with van der Waals surface area (Å²) in [7, 11) is 1.61. The summed E-state index contributed by atoms with van der Waals surface area (Å²) < 4.78 is 10.8. The molecule has 0 bridgehead atoms. The minimum Gasteiger partial charge on any atom is -0.493 e. The summed E-state index contributed by atoms with van der Waals surface area (Å²) in [6, 6.07) is 9.31. The van der Waals surface area contributed by atoms with Crippen LogP contribution < -0.4 is 9.47 Å². The van der Waals surface area contributed by atoms with E-state index in [0.29, 0.717) is 23.0 Å². The molecular formula is C13H12O3S. The van der Waals surface area contributed by atoms with E-state index in [2.05, 4.69) is 0 Å². The predicted octanol–water partition coefficient (Wildman–Crippen LogP) is 3.15. The number of hydrogen-bond acceptors (Lipinski definition) is 4. The summed E-state index contributed by atoms with van der Waals surface area (Å²) in [5.41, 5.74) is 0.989. The van der Waals surface area contributed by atoms with Gasteiger partial charge in [0.15, 0.2) is 17.8 Å². The van der Waals surface area contributed by atoms with E-state index in [4.69, 9.17) is 9.47 Å². The highest BCUT2D eigenvalue weighted by molar-refractivity contribution is 7.11. The Bertz CT molecular complexity index is 505. The molecule has 3 nitrogen and oxygen atoms in total. The molecule has 0 atom stereocenters. The molecule has 0 fully saturated rings. The maximum Gasteiger partial charge on any atom is 0.161 e. The van der Waals surface area contributed by atoms with Crippen molar-refractivity contribution in [3.05, 3.63) is 46.2 Å². The summed E-state index contributed by atoms with van der Waals surface area (Å²) in [6.07, 6.45) is 0.845. The van der Waals surface area contributed by atoms with Crippen molar-refractivity contribution in [3.63, 3.8) is 0 Å². The van der Waals surface area contributed by atoms with Crippen LogP contribution in [0.25, 0.3) is 0 Å². The second-order valence-electron chi connectivity index (χ2n) is 3.41. The molecule has 0 aliphatic rings. The zero-order valence-electron chi connectivity index (χ0n) is 9.38. The van der Waals surface area contributed by atoms with Crippen LogP contribution in [0.5, 0.6) is 11.5 Å². The first-order valence-corrected chi connectivity index (χ1v) is 6.00. The van der Waals surface area contributed by atoms with Crippen molar-refractivity contribution in [2.24, 2.45) is 0 Å². The van der Waals surface area contributed by atoms with Crippen LogP contribution in [0.2, 0.25) is 0 Å². The molecule has 2 rings (SSSR count). The lowest BCUT2D eigenvalue weighted by molar-refractivity contribution is 0.112. The summed E-state index contributed by atoms with van der Waals surface area (Å²) >= 11 is 1.42. The molecule has 1 heterocycles. The van der Waals surface area contributed by atoms with Crippen LogP contribution in [0, 0.1) is 0 Å². The van der Waals surface area contributed by atoms with Crippen molar-refractivity contribution in [1.29, 1.82) is 0 Å². The molecule has 1 aromatic carbocycles. The average molecular weight is 248 g/mol. The van der Waals surface area contributed by atoms with Gasteiger partial charge < -0.3 is 9.47 Å². The monoisotopic (exact) mass is 248 g/mol. The molecule has 0 saturated carbocycles. The van der Waals surface area contributed by atoms with Gasteiger partial charge in [-0.2, -0.15) is 0 Å². The molecule has 1 aromatic heterocycles. The third-order valence-electron chi connectivity index (χ3n) is 2.25. The number of ether oxygens (including phenoxy) is 2. The zero-order valence-corrected chi connectivity index (χ0v) is 10.2. The number of aldehydes is 1. The van der Waals surface area contributed by atoms with Gasteiger partial charge in [0.1, 0.15) is 6.61 Å². The van der Waals surface area contributed by atoms with Crippen LogP contribution in [0.4, 0.5) is 0 Å². The fraction of sp³-hybridized carbons (Fsp3) is 0.154. The number of thiophene rings is 1. The number of methoxy groups -OCH3 is 1. The van der Waals surface area contributed by atoms with Crippen LogP contribution >= 0.6 is 11.3 Å². The number of rotatable bonds is 5. The van der Waals surface area contributed by atoms with Crippen molar-refractivity contribution >= 4 is 17.6 Å². The Morgan fingerprint density at radius 3 is 2.71 bits per heavy atom. The van der Waals surface area contributed by atoms with Crippen LogP contribution in [0.15, 0.2) is 35.7 Å². The lowest BCUT2D eigenvalue weighted by Crippen LogP contribution is -1.96. The van der Waals surface area contributed by atoms with Gasteiger partial charge in [-0.25, -0.2) is 0 Å². The summed E-state index contributed by atoms with van der Waals surface area (Å²) in [5, 5.41) is 1.92. The number of carbonyl (C=O) groups is 1. The number of carbonyl (C=O) groups excluding carboxylic acids is 1. The first kappa shape index (κ1) is 11.7.